The molecule has 70 valence electrons. The highest BCUT2D eigenvalue weighted by atomic mass is 14.8. The van der Waals surface area contributed by atoms with Crippen LogP contribution in [0, 0.1) is 17.8 Å². The standard InChI is InChI=1S/C11H21N/c1-12-8-11-5-3-9-2-4-10(6-9)7-11/h9-12H,2-8H2,1H3. The third-order valence-electron chi connectivity index (χ3n) is 3.79. The Morgan fingerprint density at radius 2 is 1.75 bits per heavy atom. The lowest BCUT2D eigenvalue weighted by molar-refractivity contribution is 0.355. The molecule has 2 bridgehead atoms. The molecule has 0 aliphatic heterocycles. The highest BCUT2D eigenvalue weighted by Crippen LogP contribution is 2.42. The molecule has 1 N–H and O–H groups in total. The lowest BCUT2D eigenvalue weighted by Gasteiger charge is -2.18. The fourth-order valence-electron chi connectivity index (χ4n) is 3.19. The lowest BCUT2D eigenvalue weighted by Crippen LogP contribution is -2.20. The van der Waals surface area contributed by atoms with Crippen LogP contribution in [0.5, 0.6) is 0 Å². The van der Waals surface area contributed by atoms with Crippen LogP contribution in [0.15, 0.2) is 0 Å². The third-order valence-corrected chi connectivity index (χ3v) is 3.79. The first kappa shape index (κ1) is 8.55. The molecule has 2 aliphatic rings. The minimum absolute atomic E-state index is 0.991. The maximum atomic E-state index is 3.32. The monoisotopic (exact) mass is 167 g/mol. The zero-order valence-corrected chi connectivity index (χ0v) is 8.18. The molecule has 0 aromatic rings. The lowest BCUT2D eigenvalue weighted by atomic mass is 9.91. The molecule has 3 unspecified atom stereocenters. The quantitative estimate of drug-likeness (QED) is 0.666. The van der Waals surface area contributed by atoms with Crippen LogP contribution >= 0.6 is 0 Å². The predicted octanol–water partition coefficient (Wildman–Crippen LogP) is 2.42. The Balaban J connectivity index is 1.87. The van der Waals surface area contributed by atoms with Crippen LogP contribution in [-0.2, 0) is 0 Å². The molecule has 2 fully saturated rings. The van der Waals surface area contributed by atoms with Gasteiger partial charge >= 0.3 is 0 Å². The molecule has 0 aromatic heterocycles. The second-order valence-corrected chi connectivity index (χ2v) is 4.78. The van der Waals surface area contributed by atoms with E-state index in [-0.39, 0.29) is 0 Å². The van der Waals surface area contributed by atoms with E-state index >= 15 is 0 Å². The molecule has 0 saturated heterocycles. The van der Waals surface area contributed by atoms with Crippen molar-refractivity contribution in [3.05, 3.63) is 0 Å². The first-order chi connectivity index (χ1) is 5.88. The molecule has 0 spiro atoms. The van der Waals surface area contributed by atoms with Gasteiger partial charge in [-0.15, -0.1) is 0 Å². The molecule has 0 heterocycles. The summed E-state index contributed by atoms with van der Waals surface area (Å²) in [5, 5.41) is 3.32. The minimum Gasteiger partial charge on any atom is -0.319 e. The van der Waals surface area contributed by atoms with Crippen molar-refractivity contribution in [2.45, 2.75) is 38.5 Å². The van der Waals surface area contributed by atoms with Gasteiger partial charge in [-0.05, 0) is 50.6 Å². The van der Waals surface area contributed by atoms with Crippen LogP contribution in [0.3, 0.4) is 0 Å². The summed E-state index contributed by atoms with van der Waals surface area (Å²) in [7, 11) is 2.09. The topological polar surface area (TPSA) is 12.0 Å². The van der Waals surface area contributed by atoms with Crippen molar-refractivity contribution in [2.75, 3.05) is 13.6 Å². The van der Waals surface area contributed by atoms with Gasteiger partial charge in [0.15, 0.2) is 0 Å². The van der Waals surface area contributed by atoms with Gasteiger partial charge in [0.05, 0.1) is 0 Å². The Labute approximate surface area is 75.9 Å². The molecule has 2 aliphatic carbocycles. The van der Waals surface area contributed by atoms with Crippen molar-refractivity contribution in [1.29, 1.82) is 0 Å². The fraction of sp³-hybridized carbons (Fsp3) is 1.00. The molecule has 0 radical (unpaired) electrons. The Kier molecular flexibility index (Phi) is 2.69. The molecular formula is C11H21N. The van der Waals surface area contributed by atoms with Crippen molar-refractivity contribution in [2.24, 2.45) is 17.8 Å². The smallest absolute Gasteiger partial charge is 0.00234 e. The van der Waals surface area contributed by atoms with E-state index in [1.54, 1.807) is 6.42 Å². The second kappa shape index (κ2) is 3.78. The summed E-state index contributed by atoms with van der Waals surface area (Å²) in [5.41, 5.74) is 0. The van der Waals surface area contributed by atoms with Gasteiger partial charge in [0.2, 0.25) is 0 Å². The summed E-state index contributed by atoms with van der Waals surface area (Å²) < 4.78 is 0. The Morgan fingerprint density at radius 1 is 1.00 bits per heavy atom. The molecule has 2 saturated carbocycles. The Morgan fingerprint density at radius 3 is 2.58 bits per heavy atom. The van der Waals surface area contributed by atoms with Crippen molar-refractivity contribution in [3.8, 4) is 0 Å². The first-order valence-electron chi connectivity index (χ1n) is 5.53. The average Bonchev–Trinajstić information content (AvgIpc) is 2.37. The molecule has 1 heteroatoms. The molecule has 2 rings (SSSR count). The average molecular weight is 167 g/mol. The predicted molar refractivity (Wildman–Crippen MR) is 52.1 cm³/mol. The summed E-state index contributed by atoms with van der Waals surface area (Å²) in [4.78, 5) is 0. The van der Waals surface area contributed by atoms with E-state index in [9.17, 15) is 0 Å². The third kappa shape index (κ3) is 1.82. The largest absolute Gasteiger partial charge is 0.319 e. The van der Waals surface area contributed by atoms with E-state index in [0.717, 1.165) is 17.8 Å². The molecular weight excluding hydrogens is 146 g/mol. The first-order valence-corrected chi connectivity index (χ1v) is 5.53. The van der Waals surface area contributed by atoms with Gasteiger partial charge in [-0.1, -0.05) is 19.3 Å². The molecule has 12 heavy (non-hydrogen) atoms. The van der Waals surface area contributed by atoms with E-state index in [1.165, 1.54) is 38.6 Å². The second-order valence-electron chi connectivity index (χ2n) is 4.78. The summed E-state index contributed by atoms with van der Waals surface area (Å²) in [6.07, 6.45) is 9.14. The fourth-order valence-corrected chi connectivity index (χ4v) is 3.19. The molecule has 0 amide bonds. The van der Waals surface area contributed by atoms with Crippen molar-refractivity contribution in [3.63, 3.8) is 0 Å². The summed E-state index contributed by atoms with van der Waals surface area (Å²) in [5.74, 6) is 3.19. The van der Waals surface area contributed by atoms with Gasteiger partial charge in [0.25, 0.3) is 0 Å². The van der Waals surface area contributed by atoms with E-state index in [2.05, 4.69) is 12.4 Å². The maximum absolute atomic E-state index is 3.32. The van der Waals surface area contributed by atoms with Crippen molar-refractivity contribution in [1.82, 2.24) is 5.32 Å². The van der Waals surface area contributed by atoms with Crippen molar-refractivity contribution >= 4 is 0 Å². The van der Waals surface area contributed by atoms with Gasteiger partial charge < -0.3 is 5.32 Å². The van der Waals surface area contributed by atoms with Crippen LogP contribution in [-0.4, -0.2) is 13.6 Å². The Hall–Kier alpha value is -0.0400. The summed E-state index contributed by atoms with van der Waals surface area (Å²) in [6, 6.07) is 0. The summed E-state index contributed by atoms with van der Waals surface area (Å²) in [6.45, 7) is 1.25. The van der Waals surface area contributed by atoms with Gasteiger partial charge in [0, 0.05) is 0 Å². The SMILES string of the molecule is CNCC1CCC2CCC(C2)C1. The highest BCUT2D eigenvalue weighted by molar-refractivity contribution is 4.82. The van der Waals surface area contributed by atoms with E-state index in [1.807, 2.05) is 0 Å². The highest BCUT2D eigenvalue weighted by Gasteiger charge is 2.30. The van der Waals surface area contributed by atoms with E-state index in [0.29, 0.717) is 0 Å². The van der Waals surface area contributed by atoms with Crippen LogP contribution < -0.4 is 5.32 Å². The van der Waals surface area contributed by atoms with Crippen LogP contribution in [0.4, 0.5) is 0 Å². The van der Waals surface area contributed by atoms with Gasteiger partial charge in [-0.25, -0.2) is 0 Å². The zero-order valence-electron chi connectivity index (χ0n) is 8.18. The van der Waals surface area contributed by atoms with Gasteiger partial charge in [0.1, 0.15) is 0 Å². The normalized spacial score (nSPS) is 41.2. The number of nitrogens with one attached hydrogen (secondary N) is 1. The van der Waals surface area contributed by atoms with Crippen LogP contribution in [0.1, 0.15) is 38.5 Å². The van der Waals surface area contributed by atoms with Crippen LogP contribution in [0.25, 0.3) is 0 Å². The Bertz CT molecular complexity index is 144. The summed E-state index contributed by atoms with van der Waals surface area (Å²) >= 11 is 0. The molecule has 0 aromatic carbocycles. The molecule has 3 atom stereocenters. The number of fused-ring (bicyclic) bond motifs is 2. The van der Waals surface area contributed by atoms with E-state index < -0.39 is 0 Å². The van der Waals surface area contributed by atoms with Gasteiger partial charge in [-0.3, -0.25) is 0 Å². The number of hydrogen-bond acceptors (Lipinski definition) is 1. The minimum atomic E-state index is 0.991. The zero-order chi connectivity index (χ0) is 8.39. The van der Waals surface area contributed by atoms with Gasteiger partial charge in [-0.2, -0.15) is 0 Å². The number of rotatable bonds is 2. The van der Waals surface area contributed by atoms with Crippen LogP contribution in [0.2, 0.25) is 0 Å². The van der Waals surface area contributed by atoms with Crippen molar-refractivity contribution < 1.29 is 0 Å². The molecule has 1 nitrogen and oxygen atoms in total. The maximum Gasteiger partial charge on any atom is -0.00234 e. The van der Waals surface area contributed by atoms with E-state index in [4.69, 9.17) is 0 Å². The number of hydrogen-bond donors (Lipinski definition) is 1.